The van der Waals surface area contributed by atoms with E-state index >= 15 is 0 Å². The normalized spacial score (nSPS) is 19.9. The molecule has 0 aromatic heterocycles. The number of sulfonamides is 1. The van der Waals surface area contributed by atoms with Crippen LogP contribution in [0.15, 0.2) is 47.4 Å². The van der Waals surface area contributed by atoms with Crippen LogP contribution in [0.4, 0.5) is 13.2 Å². The molecule has 2 fully saturated rings. The number of hydrogen-bond acceptors (Lipinski definition) is 4. The van der Waals surface area contributed by atoms with Crippen molar-refractivity contribution >= 4 is 15.9 Å². The van der Waals surface area contributed by atoms with Gasteiger partial charge in [0, 0.05) is 38.7 Å². The van der Waals surface area contributed by atoms with E-state index in [1.165, 1.54) is 16.4 Å². The van der Waals surface area contributed by atoms with E-state index in [1.807, 2.05) is 0 Å². The minimum atomic E-state index is -4.00. The number of halogens is 3. The van der Waals surface area contributed by atoms with E-state index in [4.69, 9.17) is 4.74 Å². The maximum atomic E-state index is 13.7. The van der Waals surface area contributed by atoms with E-state index in [-0.39, 0.29) is 42.4 Å². The third-order valence-electron chi connectivity index (χ3n) is 6.35. The minimum absolute atomic E-state index is 0.0775. The van der Waals surface area contributed by atoms with Crippen LogP contribution in [-0.2, 0) is 26.1 Å². The van der Waals surface area contributed by atoms with Gasteiger partial charge in [0.2, 0.25) is 15.9 Å². The fourth-order valence-electron chi connectivity index (χ4n) is 4.51. The van der Waals surface area contributed by atoms with Gasteiger partial charge in [-0.25, -0.2) is 21.6 Å². The molecule has 6 nitrogen and oxygen atoms in total. The Morgan fingerprint density at radius 1 is 1.03 bits per heavy atom. The van der Waals surface area contributed by atoms with Crippen LogP contribution in [0, 0.1) is 23.4 Å². The Hall–Kier alpha value is -2.43. The smallest absolute Gasteiger partial charge is 0.243 e. The first-order valence-electron chi connectivity index (χ1n) is 11.3. The molecule has 0 bridgehead atoms. The fraction of sp³-hybridized carbons (Fsp3) is 0.458. The Morgan fingerprint density at radius 3 is 2.44 bits per heavy atom. The summed E-state index contributed by atoms with van der Waals surface area (Å²) in [5.74, 6) is -3.24. The number of hydrogen-bond donors (Lipinski definition) is 0. The summed E-state index contributed by atoms with van der Waals surface area (Å²) in [4.78, 5) is 14.8. The number of piperidine rings is 1. The lowest BCUT2D eigenvalue weighted by molar-refractivity contribution is -0.139. The van der Waals surface area contributed by atoms with E-state index < -0.39 is 27.6 Å². The molecule has 1 unspecified atom stereocenters. The largest absolute Gasteiger partial charge is 0.376 e. The molecule has 34 heavy (non-hydrogen) atoms. The molecule has 2 heterocycles. The predicted octanol–water partition coefficient (Wildman–Crippen LogP) is 3.71. The van der Waals surface area contributed by atoms with Gasteiger partial charge in [-0.15, -0.1) is 0 Å². The number of benzene rings is 2. The second kappa shape index (κ2) is 10.5. The number of amides is 1. The summed E-state index contributed by atoms with van der Waals surface area (Å²) in [5, 5.41) is 0. The maximum absolute atomic E-state index is 13.7. The Morgan fingerprint density at radius 2 is 1.79 bits per heavy atom. The van der Waals surface area contributed by atoms with Crippen LogP contribution in [0.2, 0.25) is 0 Å². The Labute approximate surface area is 197 Å². The van der Waals surface area contributed by atoms with Crippen LogP contribution in [-0.4, -0.2) is 55.9 Å². The molecule has 0 radical (unpaired) electrons. The molecule has 0 saturated carbocycles. The minimum Gasteiger partial charge on any atom is -0.376 e. The highest BCUT2D eigenvalue weighted by atomic mass is 32.2. The van der Waals surface area contributed by atoms with Crippen molar-refractivity contribution in [2.45, 2.75) is 43.2 Å². The standard InChI is InChI=1S/C24H27F3N2O4S/c25-19-4-1-3-17(13-19)15-28(16-20-5-2-12-33-20)24(30)18-8-10-29(11-9-18)34(31,32)21-6-7-22(26)23(27)14-21/h1,3-4,6-7,13-14,18,20H,2,5,8-12,15-16H2. The zero-order chi connectivity index (χ0) is 24.3. The van der Waals surface area contributed by atoms with Gasteiger partial charge >= 0.3 is 0 Å². The van der Waals surface area contributed by atoms with Crippen molar-refractivity contribution in [2.24, 2.45) is 5.92 Å². The number of carbonyl (C=O) groups is 1. The third kappa shape index (κ3) is 5.61. The van der Waals surface area contributed by atoms with Crippen molar-refractivity contribution < 1.29 is 31.1 Å². The van der Waals surface area contributed by atoms with Crippen molar-refractivity contribution in [1.82, 2.24) is 9.21 Å². The van der Waals surface area contributed by atoms with Crippen molar-refractivity contribution in [2.75, 3.05) is 26.2 Å². The highest BCUT2D eigenvalue weighted by Crippen LogP contribution is 2.27. The van der Waals surface area contributed by atoms with Gasteiger partial charge in [-0.05, 0) is 61.6 Å². The molecule has 184 valence electrons. The second-order valence-corrected chi connectivity index (χ2v) is 10.7. The van der Waals surface area contributed by atoms with Gasteiger partial charge < -0.3 is 9.64 Å². The van der Waals surface area contributed by atoms with E-state index in [0.29, 0.717) is 37.6 Å². The van der Waals surface area contributed by atoms with Crippen LogP contribution in [0.1, 0.15) is 31.2 Å². The molecule has 0 aliphatic carbocycles. The summed E-state index contributed by atoms with van der Waals surface area (Å²) in [5.41, 5.74) is 0.671. The molecule has 2 saturated heterocycles. The lowest BCUT2D eigenvalue weighted by Crippen LogP contribution is -2.46. The van der Waals surface area contributed by atoms with E-state index in [2.05, 4.69) is 0 Å². The van der Waals surface area contributed by atoms with Crippen molar-refractivity contribution in [3.63, 3.8) is 0 Å². The molecule has 1 amide bonds. The van der Waals surface area contributed by atoms with Crippen molar-refractivity contribution in [1.29, 1.82) is 0 Å². The number of nitrogens with zero attached hydrogens (tertiary/aromatic N) is 2. The Bertz CT molecular complexity index is 1130. The first kappa shape index (κ1) is 24.7. The summed E-state index contributed by atoms with van der Waals surface area (Å²) in [6, 6.07) is 8.59. The number of ether oxygens (including phenoxy) is 1. The highest BCUT2D eigenvalue weighted by Gasteiger charge is 2.35. The van der Waals surface area contributed by atoms with Gasteiger partial charge in [0.15, 0.2) is 11.6 Å². The maximum Gasteiger partial charge on any atom is 0.243 e. The molecule has 4 rings (SSSR count). The van der Waals surface area contributed by atoms with Crippen molar-refractivity contribution in [3.05, 3.63) is 65.5 Å². The Kier molecular flexibility index (Phi) is 7.59. The van der Waals surface area contributed by atoms with E-state index in [0.717, 1.165) is 25.0 Å². The van der Waals surface area contributed by atoms with Crippen LogP contribution in [0.25, 0.3) is 0 Å². The van der Waals surface area contributed by atoms with Gasteiger partial charge in [-0.1, -0.05) is 12.1 Å². The quantitative estimate of drug-likeness (QED) is 0.586. The van der Waals surface area contributed by atoms with Gasteiger partial charge in [-0.3, -0.25) is 4.79 Å². The average molecular weight is 497 g/mol. The van der Waals surface area contributed by atoms with Gasteiger partial charge in [0.05, 0.1) is 11.0 Å². The van der Waals surface area contributed by atoms with Crippen molar-refractivity contribution in [3.8, 4) is 0 Å². The zero-order valence-corrected chi connectivity index (χ0v) is 19.4. The van der Waals surface area contributed by atoms with Crippen LogP contribution in [0.5, 0.6) is 0 Å². The van der Waals surface area contributed by atoms with Gasteiger partial charge in [-0.2, -0.15) is 4.31 Å². The summed E-state index contributed by atoms with van der Waals surface area (Å²) in [6.45, 7) is 1.45. The molecule has 0 N–H and O–H groups in total. The summed E-state index contributed by atoms with van der Waals surface area (Å²) >= 11 is 0. The number of rotatable bonds is 7. The molecule has 2 aliphatic heterocycles. The molecular weight excluding hydrogens is 469 g/mol. The van der Waals surface area contributed by atoms with Crippen LogP contribution in [0.3, 0.4) is 0 Å². The molecule has 1 atom stereocenters. The summed E-state index contributed by atoms with van der Waals surface area (Å²) in [7, 11) is -4.00. The van der Waals surface area contributed by atoms with E-state index in [1.54, 1.807) is 17.0 Å². The molecule has 2 aromatic carbocycles. The van der Waals surface area contributed by atoms with Crippen LogP contribution >= 0.6 is 0 Å². The molecule has 2 aliphatic rings. The molecule has 0 spiro atoms. The molecule has 10 heteroatoms. The molecule has 2 aromatic rings. The SMILES string of the molecule is O=C(C1CCN(S(=O)(=O)c2ccc(F)c(F)c2)CC1)N(Cc1cccc(F)c1)CC1CCCO1. The monoisotopic (exact) mass is 496 g/mol. The third-order valence-corrected chi connectivity index (χ3v) is 8.25. The van der Waals surface area contributed by atoms with Crippen LogP contribution < -0.4 is 0 Å². The first-order valence-corrected chi connectivity index (χ1v) is 12.8. The van der Waals surface area contributed by atoms with E-state index in [9.17, 15) is 26.4 Å². The Balaban J connectivity index is 1.44. The average Bonchev–Trinajstić information content (AvgIpc) is 3.33. The fourth-order valence-corrected chi connectivity index (χ4v) is 5.99. The molecular formula is C24H27F3N2O4S. The van der Waals surface area contributed by atoms with Gasteiger partial charge in [0.1, 0.15) is 5.82 Å². The highest BCUT2D eigenvalue weighted by molar-refractivity contribution is 7.89. The second-order valence-electron chi connectivity index (χ2n) is 8.74. The zero-order valence-electron chi connectivity index (χ0n) is 18.6. The first-order chi connectivity index (χ1) is 16.2. The van der Waals surface area contributed by atoms with Gasteiger partial charge in [0.25, 0.3) is 0 Å². The number of carbonyl (C=O) groups excluding carboxylic acids is 1. The summed E-state index contributed by atoms with van der Waals surface area (Å²) < 4.78 is 73.1. The predicted molar refractivity (Wildman–Crippen MR) is 119 cm³/mol. The topological polar surface area (TPSA) is 66.9 Å². The summed E-state index contributed by atoms with van der Waals surface area (Å²) in [6.07, 6.45) is 2.29. The lowest BCUT2D eigenvalue weighted by atomic mass is 9.96. The lowest BCUT2D eigenvalue weighted by Gasteiger charge is -2.34.